The summed E-state index contributed by atoms with van der Waals surface area (Å²) in [7, 11) is 3.48. The molecule has 2 aromatic carbocycles. The number of nitrogens with two attached hydrogens (primary N) is 1. The largest absolute Gasteiger partial charge is 0.383 e. The Morgan fingerprint density at radius 1 is 1.13 bits per heavy atom. The van der Waals surface area contributed by atoms with Gasteiger partial charge in [-0.2, -0.15) is 0 Å². The molecule has 2 aromatic heterocycles. The third-order valence-electron chi connectivity index (χ3n) is 6.81. The van der Waals surface area contributed by atoms with Crippen LogP contribution in [0.1, 0.15) is 17.3 Å². The lowest BCUT2D eigenvalue weighted by Crippen LogP contribution is -2.53. The van der Waals surface area contributed by atoms with Crippen molar-refractivity contribution in [3.63, 3.8) is 0 Å². The molecular formula is C29H29FN6O3. The zero-order valence-corrected chi connectivity index (χ0v) is 22.0. The number of hydrogen-bond acceptors (Lipinski definition) is 6. The highest BCUT2D eigenvalue weighted by Crippen LogP contribution is 2.41. The van der Waals surface area contributed by atoms with E-state index >= 15 is 0 Å². The molecule has 1 saturated heterocycles. The highest BCUT2D eigenvalue weighted by Gasteiger charge is 2.40. The zero-order valence-electron chi connectivity index (χ0n) is 22.0. The van der Waals surface area contributed by atoms with Crippen molar-refractivity contribution in [3.8, 4) is 22.4 Å². The van der Waals surface area contributed by atoms with Gasteiger partial charge in [0.2, 0.25) is 0 Å². The van der Waals surface area contributed by atoms with Crippen molar-refractivity contribution in [2.75, 3.05) is 37.9 Å². The molecule has 0 radical (unpaired) electrons. The molecule has 0 unspecified atom stereocenters. The molecule has 10 heteroatoms. The van der Waals surface area contributed by atoms with E-state index in [0.717, 1.165) is 22.4 Å². The summed E-state index contributed by atoms with van der Waals surface area (Å²) in [6.07, 6.45) is 1.42. The number of carbonyl (C=O) groups is 2. The predicted octanol–water partition coefficient (Wildman–Crippen LogP) is 4.21. The Balaban J connectivity index is 1.53. The van der Waals surface area contributed by atoms with Gasteiger partial charge in [-0.15, -0.1) is 0 Å². The number of hydrogen-bond donors (Lipinski definition) is 2. The minimum atomic E-state index is -1.50. The van der Waals surface area contributed by atoms with Crippen LogP contribution >= 0.6 is 0 Å². The molecule has 1 aliphatic heterocycles. The number of nitrogens with one attached hydrogen (secondary N) is 1. The average Bonchev–Trinajstić information content (AvgIpc) is 3.21. The van der Waals surface area contributed by atoms with Crippen molar-refractivity contribution in [1.29, 1.82) is 0 Å². The third-order valence-corrected chi connectivity index (χ3v) is 6.81. The number of benzene rings is 2. The van der Waals surface area contributed by atoms with Gasteiger partial charge >= 0.3 is 0 Å². The summed E-state index contributed by atoms with van der Waals surface area (Å²) in [4.78, 5) is 35.0. The number of halogens is 1. The Labute approximate surface area is 225 Å². The molecule has 0 atom stereocenters. The maximum Gasteiger partial charge on any atom is 0.253 e. The maximum absolute atomic E-state index is 14.5. The number of ether oxygens (including phenoxy) is 1. The van der Waals surface area contributed by atoms with Gasteiger partial charge in [0.15, 0.2) is 5.67 Å². The van der Waals surface area contributed by atoms with Crippen molar-refractivity contribution >= 4 is 34.4 Å². The van der Waals surface area contributed by atoms with Gasteiger partial charge in [-0.1, -0.05) is 30.8 Å². The van der Waals surface area contributed by atoms with E-state index in [4.69, 9.17) is 10.5 Å². The van der Waals surface area contributed by atoms with Crippen LogP contribution in [0.5, 0.6) is 0 Å². The molecule has 3 N–H and O–H groups in total. The van der Waals surface area contributed by atoms with Gasteiger partial charge in [-0.3, -0.25) is 9.59 Å². The Kier molecular flexibility index (Phi) is 6.65. The lowest BCUT2D eigenvalue weighted by Gasteiger charge is -2.36. The number of anilines is 2. The van der Waals surface area contributed by atoms with Crippen LogP contribution < -0.4 is 11.1 Å². The van der Waals surface area contributed by atoms with E-state index in [1.807, 2.05) is 48.0 Å². The van der Waals surface area contributed by atoms with Crippen LogP contribution in [0.25, 0.3) is 33.4 Å². The summed E-state index contributed by atoms with van der Waals surface area (Å²) in [6.45, 7) is 5.28. The van der Waals surface area contributed by atoms with Crippen LogP contribution in [0.2, 0.25) is 0 Å². The number of nitrogens with zero attached hydrogens (tertiary/aromatic N) is 4. The molecule has 2 amide bonds. The standard InChI is InChI=1S/C29H29FN6O3/c1-17(2)27(37)34-21-11-9-19(10-12-21)24-22(23-25(31)32-16-33-26(23)36(24)4)18-5-7-20(8-6-18)28(38)35(3)13-29(30)14-39-15-29/h5-12,16H,1,13-15H2,2-4H3,(H,34,37)(H2,31,32,33). The predicted molar refractivity (Wildman–Crippen MR) is 149 cm³/mol. The average molecular weight is 529 g/mol. The smallest absolute Gasteiger partial charge is 0.253 e. The first-order valence-corrected chi connectivity index (χ1v) is 12.4. The molecule has 9 nitrogen and oxygen atoms in total. The van der Waals surface area contributed by atoms with E-state index in [0.29, 0.717) is 33.7 Å². The lowest BCUT2D eigenvalue weighted by atomic mass is 9.97. The second-order valence-corrected chi connectivity index (χ2v) is 9.93. The monoisotopic (exact) mass is 528 g/mol. The molecule has 3 heterocycles. The molecule has 4 aromatic rings. The number of aryl methyl sites for hydroxylation is 1. The molecule has 0 aliphatic carbocycles. The van der Waals surface area contributed by atoms with Crippen LogP contribution in [0.4, 0.5) is 15.9 Å². The fourth-order valence-electron chi connectivity index (χ4n) is 4.76. The fraction of sp³-hybridized carbons (Fsp3) is 0.241. The van der Waals surface area contributed by atoms with Gasteiger partial charge in [0.25, 0.3) is 11.8 Å². The van der Waals surface area contributed by atoms with E-state index in [1.165, 1.54) is 11.2 Å². The van der Waals surface area contributed by atoms with E-state index in [-0.39, 0.29) is 31.6 Å². The molecule has 200 valence electrons. The summed E-state index contributed by atoms with van der Waals surface area (Å²) in [6, 6.07) is 14.5. The van der Waals surface area contributed by atoms with Crippen molar-refractivity contribution in [3.05, 3.63) is 72.6 Å². The number of alkyl halides is 1. The van der Waals surface area contributed by atoms with Crippen LogP contribution in [0.3, 0.4) is 0 Å². The summed E-state index contributed by atoms with van der Waals surface area (Å²) < 4.78 is 21.4. The molecule has 0 bridgehead atoms. The van der Waals surface area contributed by atoms with E-state index in [1.54, 1.807) is 26.1 Å². The fourth-order valence-corrected chi connectivity index (χ4v) is 4.76. The first-order valence-electron chi connectivity index (χ1n) is 12.4. The summed E-state index contributed by atoms with van der Waals surface area (Å²) in [5, 5.41) is 3.50. The Morgan fingerprint density at radius 2 is 1.77 bits per heavy atom. The number of fused-ring (bicyclic) bond motifs is 1. The molecule has 39 heavy (non-hydrogen) atoms. The number of amides is 2. The van der Waals surface area contributed by atoms with Gasteiger partial charge in [0, 0.05) is 36.5 Å². The van der Waals surface area contributed by atoms with Crippen molar-refractivity contribution < 1.29 is 18.7 Å². The topological polar surface area (TPSA) is 115 Å². The molecule has 0 spiro atoms. The van der Waals surface area contributed by atoms with E-state index < -0.39 is 5.67 Å². The van der Waals surface area contributed by atoms with Crippen molar-refractivity contribution in [2.45, 2.75) is 12.6 Å². The van der Waals surface area contributed by atoms with E-state index in [9.17, 15) is 14.0 Å². The van der Waals surface area contributed by atoms with Crippen LogP contribution in [0, 0.1) is 0 Å². The van der Waals surface area contributed by atoms with Gasteiger partial charge in [0.1, 0.15) is 17.8 Å². The number of carbonyl (C=O) groups excluding carboxylic acids is 2. The van der Waals surface area contributed by atoms with Gasteiger partial charge < -0.3 is 25.3 Å². The normalized spacial score (nSPS) is 14.1. The van der Waals surface area contributed by atoms with E-state index in [2.05, 4.69) is 21.9 Å². The second-order valence-electron chi connectivity index (χ2n) is 9.93. The number of aromatic nitrogens is 3. The molecule has 0 saturated carbocycles. The van der Waals surface area contributed by atoms with Crippen molar-refractivity contribution in [2.24, 2.45) is 7.05 Å². The SMILES string of the molecule is C=C(C)C(=O)Nc1ccc(-c2c(-c3ccc(C(=O)N(C)CC4(F)COC4)cc3)c3c(N)ncnc3n2C)cc1. The number of nitrogen functional groups attached to an aromatic ring is 1. The van der Waals surface area contributed by atoms with Gasteiger partial charge in [0.05, 0.1) is 30.8 Å². The maximum atomic E-state index is 14.5. The number of rotatable bonds is 7. The molecule has 5 rings (SSSR count). The molecule has 1 aliphatic rings. The van der Waals surface area contributed by atoms with Crippen LogP contribution in [-0.4, -0.2) is 63.7 Å². The minimum absolute atomic E-state index is 0.00183. The Morgan fingerprint density at radius 3 is 2.36 bits per heavy atom. The first-order chi connectivity index (χ1) is 18.6. The van der Waals surface area contributed by atoms with Gasteiger partial charge in [-0.05, 0) is 42.3 Å². The first kappa shape index (κ1) is 26.1. The molecule has 1 fully saturated rings. The minimum Gasteiger partial charge on any atom is -0.383 e. The summed E-state index contributed by atoms with van der Waals surface area (Å²) in [5.74, 6) is -0.198. The van der Waals surface area contributed by atoms with Crippen LogP contribution in [0.15, 0.2) is 67.0 Å². The quantitative estimate of drug-likeness (QED) is 0.347. The summed E-state index contributed by atoms with van der Waals surface area (Å²) >= 11 is 0. The lowest BCUT2D eigenvalue weighted by molar-refractivity contribution is -0.135. The highest BCUT2D eigenvalue weighted by molar-refractivity contribution is 6.08. The molecular weight excluding hydrogens is 499 g/mol. The van der Waals surface area contributed by atoms with Gasteiger partial charge in [-0.25, -0.2) is 14.4 Å². The van der Waals surface area contributed by atoms with Crippen molar-refractivity contribution in [1.82, 2.24) is 19.4 Å². The third kappa shape index (κ3) is 4.86. The summed E-state index contributed by atoms with van der Waals surface area (Å²) in [5.41, 5.74) is 10.3. The zero-order chi connectivity index (χ0) is 27.9. The Bertz CT molecular complexity index is 1590. The second kappa shape index (κ2) is 9.95. The van der Waals surface area contributed by atoms with Crippen LogP contribution in [-0.2, 0) is 16.6 Å². The Hall–Kier alpha value is -4.57. The highest BCUT2D eigenvalue weighted by atomic mass is 19.1.